The summed E-state index contributed by atoms with van der Waals surface area (Å²) in [5.41, 5.74) is 7.21. The summed E-state index contributed by atoms with van der Waals surface area (Å²) < 4.78 is 47.8. The van der Waals surface area contributed by atoms with Crippen molar-refractivity contribution in [1.82, 2.24) is 20.2 Å². The fraction of sp³-hybridized carbons (Fsp3) is 0.179. The molecule has 14 heteroatoms. The highest BCUT2D eigenvalue weighted by Gasteiger charge is 2.31. The van der Waals surface area contributed by atoms with Gasteiger partial charge in [-0.25, -0.2) is 14.7 Å². The number of alkyl halides is 3. The highest BCUT2D eigenvalue weighted by molar-refractivity contribution is 8.14. The van der Waals surface area contributed by atoms with Gasteiger partial charge in [0.15, 0.2) is 11.0 Å². The molecule has 0 bridgehead atoms. The first-order chi connectivity index (χ1) is 20.0. The number of hydrogen-bond acceptors (Lipinski definition) is 8. The Labute approximate surface area is 242 Å². The number of carboxylic acid groups (broad SMARTS) is 1. The van der Waals surface area contributed by atoms with Gasteiger partial charge < -0.3 is 14.6 Å². The second kappa shape index (κ2) is 13.2. The van der Waals surface area contributed by atoms with Crippen molar-refractivity contribution in [2.24, 2.45) is 10.1 Å². The Kier molecular flexibility index (Phi) is 9.47. The molecule has 0 fully saturated rings. The maximum Gasteiger partial charge on any atom is 0.573 e. The number of thioether (sulfide) groups is 1. The maximum atomic E-state index is 12.4. The van der Waals surface area contributed by atoms with E-state index in [0.29, 0.717) is 33.7 Å². The average Bonchev–Trinajstić information content (AvgIpc) is 3.43. The Bertz CT molecular complexity index is 1580. The van der Waals surface area contributed by atoms with E-state index in [4.69, 9.17) is 9.84 Å². The Morgan fingerprint density at radius 1 is 1.07 bits per heavy atom. The summed E-state index contributed by atoms with van der Waals surface area (Å²) in [6.07, 6.45) is -1.75. The molecule has 42 heavy (non-hydrogen) atoms. The number of amidine groups is 1. The molecule has 0 atom stereocenters. The van der Waals surface area contributed by atoms with E-state index in [-0.39, 0.29) is 11.5 Å². The van der Waals surface area contributed by atoms with Crippen LogP contribution in [0, 0.1) is 13.8 Å². The molecule has 3 aromatic carbocycles. The summed E-state index contributed by atoms with van der Waals surface area (Å²) in [4.78, 5) is 20.0. The highest BCUT2D eigenvalue weighted by atomic mass is 32.2. The average molecular weight is 599 g/mol. The first-order valence-corrected chi connectivity index (χ1v) is 13.2. The van der Waals surface area contributed by atoms with Crippen LogP contribution in [0.4, 0.5) is 18.9 Å². The van der Waals surface area contributed by atoms with E-state index in [1.165, 1.54) is 35.3 Å². The molecule has 4 rings (SSSR count). The lowest BCUT2D eigenvalue weighted by molar-refractivity contribution is -0.274. The summed E-state index contributed by atoms with van der Waals surface area (Å²) in [6, 6.07) is 16.1. The zero-order valence-electron chi connectivity index (χ0n) is 22.6. The summed E-state index contributed by atoms with van der Waals surface area (Å²) >= 11 is 1.01. The molecule has 0 saturated heterocycles. The van der Waals surface area contributed by atoms with Crippen molar-refractivity contribution in [3.63, 3.8) is 0 Å². The first kappa shape index (κ1) is 30.1. The quantitative estimate of drug-likeness (QED) is 0.139. The van der Waals surface area contributed by atoms with Crippen LogP contribution >= 0.6 is 11.8 Å². The fourth-order valence-electron chi connectivity index (χ4n) is 3.73. The smallest absolute Gasteiger partial charge is 0.497 e. The Balaban J connectivity index is 1.44. The predicted octanol–water partition coefficient (Wildman–Crippen LogP) is 5.89. The van der Waals surface area contributed by atoms with Crippen molar-refractivity contribution >= 4 is 34.8 Å². The van der Waals surface area contributed by atoms with Gasteiger partial charge in [-0.2, -0.15) is 5.10 Å². The topological polar surface area (TPSA) is 123 Å². The predicted molar refractivity (Wildman–Crippen MR) is 154 cm³/mol. The molecule has 10 nitrogen and oxygen atoms in total. The van der Waals surface area contributed by atoms with Crippen LogP contribution in [0.5, 0.6) is 11.5 Å². The second-order valence-corrected chi connectivity index (χ2v) is 9.72. The zero-order chi connectivity index (χ0) is 30.3. The third kappa shape index (κ3) is 8.33. The molecule has 0 aliphatic rings. The minimum absolute atomic E-state index is 0.199. The van der Waals surface area contributed by atoms with E-state index in [2.05, 4.69) is 30.3 Å². The molecule has 218 valence electrons. The zero-order valence-corrected chi connectivity index (χ0v) is 23.4. The van der Waals surface area contributed by atoms with E-state index >= 15 is 0 Å². The number of aliphatic carboxylic acids is 1. The molecule has 0 amide bonds. The molecule has 0 unspecified atom stereocenters. The molecule has 1 heterocycles. The number of hydrazone groups is 1. The van der Waals surface area contributed by atoms with Gasteiger partial charge in [-0.15, -0.1) is 18.3 Å². The number of aromatic nitrogens is 3. The van der Waals surface area contributed by atoms with Crippen LogP contribution in [0.1, 0.15) is 16.7 Å². The molecule has 0 radical (unpaired) electrons. The van der Waals surface area contributed by atoms with Gasteiger partial charge in [-0.1, -0.05) is 36.0 Å². The normalized spacial score (nSPS) is 12.0. The fourth-order valence-corrected chi connectivity index (χ4v) is 4.27. The number of aliphatic imine (C=N–C) groups is 1. The van der Waals surface area contributed by atoms with Gasteiger partial charge in [0, 0.05) is 5.56 Å². The molecule has 0 aliphatic carbocycles. The number of methoxy groups -OCH3 is 1. The van der Waals surface area contributed by atoms with Gasteiger partial charge >= 0.3 is 12.3 Å². The van der Waals surface area contributed by atoms with Crippen LogP contribution in [0.3, 0.4) is 0 Å². The van der Waals surface area contributed by atoms with Gasteiger partial charge in [0.25, 0.3) is 0 Å². The molecular weight excluding hydrogens is 573 g/mol. The molecule has 0 aliphatic heterocycles. The third-order valence-corrected chi connectivity index (χ3v) is 6.46. The van der Waals surface area contributed by atoms with Gasteiger partial charge in [0.1, 0.15) is 17.8 Å². The van der Waals surface area contributed by atoms with Gasteiger partial charge in [-0.3, -0.25) is 10.2 Å². The van der Waals surface area contributed by atoms with Crippen LogP contribution in [-0.4, -0.2) is 56.4 Å². The van der Waals surface area contributed by atoms with Crippen LogP contribution < -0.4 is 14.9 Å². The minimum Gasteiger partial charge on any atom is -0.497 e. The number of nitrogens with one attached hydrogen (secondary N) is 1. The number of aryl methyl sites for hydroxylation is 2. The maximum absolute atomic E-state index is 12.4. The number of nitrogens with zero attached hydrogens (tertiary/aromatic N) is 5. The van der Waals surface area contributed by atoms with Crippen LogP contribution in [0.25, 0.3) is 17.1 Å². The Morgan fingerprint density at radius 2 is 1.74 bits per heavy atom. The molecular formula is C28H25F3N6O4S. The van der Waals surface area contributed by atoms with Crippen molar-refractivity contribution in [3.8, 4) is 28.6 Å². The van der Waals surface area contributed by atoms with Crippen LogP contribution in [0.2, 0.25) is 0 Å². The lowest BCUT2D eigenvalue weighted by atomic mass is 10.1. The van der Waals surface area contributed by atoms with Crippen LogP contribution in [0.15, 0.2) is 77.1 Å². The van der Waals surface area contributed by atoms with E-state index in [1.807, 2.05) is 26.0 Å². The molecule has 2 N–H and O–H groups in total. The number of carbonyl (C=O) groups is 1. The second-order valence-electron chi connectivity index (χ2n) is 8.76. The van der Waals surface area contributed by atoms with Crippen LogP contribution in [-0.2, 0) is 4.79 Å². The highest BCUT2D eigenvalue weighted by Crippen LogP contribution is 2.29. The Morgan fingerprint density at radius 3 is 2.33 bits per heavy atom. The molecule has 0 spiro atoms. The minimum atomic E-state index is -4.76. The number of halogens is 3. The number of benzene rings is 3. The standard InChI is InChI=1S/C28H25F3N6O4S/c1-17-12-23(40-3)13-18(2)25(17)34-27(42-15-24(38)39)35-33-14-19-4-6-20(7-5-19)26-32-16-37(36-26)21-8-10-22(11-9-21)41-28(29,30)31/h4-14,16H,15H2,1-3H3,(H,34,35)(H,38,39)/b33-14+. The summed E-state index contributed by atoms with van der Waals surface area (Å²) in [7, 11) is 1.58. The number of carboxylic acids is 1. The number of hydrogen-bond donors (Lipinski definition) is 2. The monoisotopic (exact) mass is 598 g/mol. The SMILES string of the molecule is COc1cc(C)c(/N=C(/N/N=C/c2ccc(-c3ncn(-c4ccc(OC(F)(F)F)cc4)n3)cc2)SCC(=O)O)c(C)c1. The summed E-state index contributed by atoms with van der Waals surface area (Å²) in [5.74, 6) is -0.398. The van der Waals surface area contributed by atoms with E-state index in [1.54, 1.807) is 37.6 Å². The Hall–Kier alpha value is -4.85. The van der Waals surface area contributed by atoms with E-state index in [0.717, 1.165) is 28.5 Å². The lowest BCUT2D eigenvalue weighted by Crippen LogP contribution is -2.17. The van der Waals surface area contributed by atoms with Crippen molar-refractivity contribution in [2.45, 2.75) is 20.2 Å². The van der Waals surface area contributed by atoms with Gasteiger partial charge in [0.2, 0.25) is 0 Å². The molecule has 4 aromatic rings. The largest absolute Gasteiger partial charge is 0.573 e. The van der Waals surface area contributed by atoms with Crippen molar-refractivity contribution in [1.29, 1.82) is 0 Å². The molecule has 1 aromatic heterocycles. The lowest BCUT2D eigenvalue weighted by Gasteiger charge is -2.10. The molecule has 0 saturated carbocycles. The van der Waals surface area contributed by atoms with Crippen molar-refractivity contribution in [2.75, 3.05) is 12.9 Å². The number of ether oxygens (including phenoxy) is 2. The van der Waals surface area contributed by atoms with Gasteiger partial charge in [-0.05, 0) is 66.9 Å². The van der Waals surface area contributed by atoms with E-state index in [9.17, 15) is 18.0 Å². The third-order valence-electron chi connectivity index (χ3n) is 5.62. The van der Waals surface area contributed by atoms with Gasteiger partial charge in [0.05, 0.1) is 30.5 Å². The first-order valence-electron chi connectivity index (χ1n) is 12.3. The van der Waals surface area contributed by atoms with Crippen molar-refractivity contribution in [3.05, 3.63) is 83.7 Å². The number of rotatable bonds is 9. The van der Waals surface area contributed by atoms with Crippen molar-refractivity contribution < 1.29 is 32.5 Å². The summed E-state index contributed by atoms with van der Waals surface area (Å²) in [6.45, 7) is 3.78. The van der Waals surface area contributed by atoms with E-state index < -0.39 is 12.3 Å². The summed E-state index contributed by atoms with van der Waals surface area (Å²) in [5, 5.41) is 18.1.